The van der Waals surface area contributed by atoms with Gasteiger partial charge in [0, 0.05) is 12.1 Å². The maximum Gasteiger partial charge on any atom is 0.269 e. The van der Waals surface area contributed by atoms with Crippen molar-refractivity contribution in [2.24, 2.45) is 5.10 Å². The van der Waals surface area contributed by atoms with Crippen LogP contribution in [0, 0.1) is 15.5 Å². The van der Waals surface area contributed by atoms with Gasteiger partial charge in [-0.25, -0.2) is 9.97 Å². The number of rotatable bonds is 3. The Morgan fingerprint density at radius 2 is 1.80 bits per heavy atom. The number of aromatic nitrogens is 3. The van der Waals surface area contributed by atoms with E-state index in [1.807, 2.05) is 24.3 Å². The predicted molar refractivity (Wildman–Crippen MR) is 94.9 cm³/mol. The fraction of sp³-hybridized carbons (Fsp3) is 0. The van der Waals surface area contributed by atoms with Crippen LogP contribution < -0.4 is 4.80 Å². The van der Waals surface area contributed by atoms with E-state index in [9.17, 15) is 10.1 Å². The first-order valence-electron chi connectivity index (χ1n) is 7.23. The lowest BCUT2D eigenvalue weighted by atomic mass is 10.2. The molecule has 2 heterocycles. The van der Waals surface area contributed by atoms with E-state index in [2.05, 4.69) is 15.1 Å². The summed E-state index contributed by atoms with van der Waals surface area (Å²) in [5.74, 6) is 0. The highest BCUT2D eigenvalue weighted by molar-refractivity contribution is 7.15. The molecule has 0 bridgehead atoms. The van der Waals surface area contributed by atoms with Gasteiger partial charge in [-0.3, -0.25) is 15.5 Å². The van der Waals surface area contributed by atoms with E-state index >= 15 is 0 Å². The van der Waals surface area contributed by atoms with Gasteiger partial charge in [-0.05, 0) is 29.8 Å². The van der Waals surface area contributed by atoms with E-state index in [0.29, 0.717) is 16.0 Å². The van der Waals surface area contributed by atoms with Gasteiger partial charge in [0.25, 0.3) is 5.69 Å². The first-order valence-corrected chi connectivity index (χ1v) is 8.05. The van der Waals surface area contributed by atoms with Crippen molar-refractivity contribution in [1.29, 1.82) is 5.41 Å². The highest BCUT2D eigenvalue weighted by Gasteiger charge is 2.09. The van der Waals surface area contributed by atoms with Crippen molar-refractivity contribution in [3.63, 3.8) is 0 Å². The van der Waals surface area contributed by atoms with Crippen molar-refractivity contribution in [3.05, 3.63) is 69.0 Å². The Labute approximate surface area is 144 Å². The number of nitrogens with one attached hydrogen (secondary N) is 1. The van der Waals surface area contributed by atoms with Gasteiger partial charge in [-0.15, -0.1) is 0 Å². The molecule has 0 unspecified atom stereocenters. The molecular formula is C16H10N6O2S. The van der Waals surface area contributed by atoms with Gasteiger partial charge >= 0.3 is 0 Å². The van der Waals surface area contributed by atoms with Crippen molar-refractivity contribution < 1.29 is 4.92 Å². The van der Waals surface area contributed by atoms with Gasteiger partial charge in [-0.2, -0.15) is 9.78 Å². The number of fused-ring (bicyclic) bond motifs is 2. The first-order chi connectivity index (χ1) is 12.1. The van der Waals surface area contributed by atoms with Gasteiger partial charge in [0.2, 0.25) is 4.80 Å². The smallest absolute Gasteiger partial charge is 0.269 e. The fourth-order valence-electron chi connectivity index (χ4n) is 2.33. The highest BCUT2D eigenvalue weighted by Crippen LogP contribution is 2.18. The van der Waals surface area contributed by atoms with Crippen molar-refractivity contribution in [1.82, 2.24) is 14.6 Å². The third-order valence-corrected chi connectivity index (χ3v) is 4.37. The number of hydrogen-bond acceptors (Lipinski definition) is 7. The number of nitro groups is 1. The topological polar surface area (TPSA) is 110 Å². The van der Waals surface area contributed by atoms with Crippen LogP contribution in [0.15, 0.2) is 53.6 Å². The van der Waals surface area contributed by atoms with E-state index in [-0.39, 0.29) is 10.5 Å². The first kappa shape index (κ1) is 15.1. The largest absolute Gasteiger partial charge is 0.273 e. The lowest BCUT2D eigenvalue weighted by Crippen LogP contribution is -2.08. The molecule has 0 fully saturated rings. The number of nitro benzene ring substituents is 1. The average molecular weight is 350 g/mol. The zero-order valence-electron chi connectivity index (χ0n) is 12.7. The number of hydrogen-bond donors (Lipinski definition) is 1. The SMILES string of the molecule is N=c1sc2nc3ccccc3nc2n1/N=C\c1ccc([N+](=O)[O-])cc1. The zero-order chi connectivity index (χ0) is 17.4. The molecule has 0 atom stereocenters. The molecule has 2 aromatic carbocycles. The molecule has 9 heteroatoms. The molecule has 25 heavy (non-hydrogen) atoms. The molecule has 4 aromatic rings. The van der Waals surface area contributed by atoms with Crippen LogP contribution in [0.25, 0.3) is 21.5 Å². The number of nitrogens with zero attached hydrogens (tertiary/aromatic N) is 5. The second-order valence-corrected chi connectivity index (χ2v) is 6.13. The summed E-state index contributed by atoms with van der Waals surface area (Å²) in [4.78, 5) is 20.1. The minimum atomic E-state index is -0.454. The molecule has 122 valence electrons. The molecule has 0 spiro atoms. The summed E-state index contributed by atoms with van der Waals surface area (Å²) >= 11 is 1.19. The minimum absolute atomic E-state index is 0.0179. The molecule has 0 saturated heterocycles. The molecule has 0 radical (unpaired) electrons. The molecule has 8 nitrogen and oxygen atoms in total. The summed E-state index contributed by atoms with van der Waals surface area (Å²) in [5, 5.41) is 23.1. The quantitative estimate of drug-likeness (QED) is 0.348. The zero-order valence-corrected chi connectivity index (χ0v) is 13.5. The Hall–Kier alpha value is -3.46. The van der Waals surface area contributed by atoms with Crippen LogP contribution in [0.1, 0.15) is 5.56 Å². The van der Waals surface area contributed by atoms with Crippen molar-refractivity contribution in [3.8, 4) is 0 Å². The van der Waals surface area contributed by atoms with Crippen molar-refractivity contribution in [2.75, 3.05) is 0 Å². The van der Waals surface area contributed by atoms with Crippen LogP contribution in [0.5, 0.6) is 0 Å². The van der Waals surface area contributed by atoms with Crippen LogP contribution >= 0.6 is 11.3 Å². The lowest BCUT2D eigenvalue weighted by molar-refractivity contribution is -0.384. The van der Waals surface area contributed by atoms with Gasteiger partial charge in [0.05, 0.1) is 22.2 Å². The van der Waals surface area contributed by atoms with Crippen LogP contribution in [0.3, 0.4) is 0 Å². The second-order valence-electron chi connectivity index (χ2n) is 5.15. The summed E-state index contributed by atoms with van der Waals surface area (Å²) in [7, 11) is 0. The molecule has 0 amide bonds. The van der Waals surface area contributed by atoms with Gasteiger partial charge in [0.15, 0.2) is 10.5 Å². The number of non-ortho nitro benzene ring substituents is 1. The highest BCUT2D eigenvalue weighted by atomic mass is 32.1. The maximum atomic E-state index is 10.7. The number of benzene rings is 2. The third kappa shape index (κ3) is 2.76. The Morgan fingerprint density at radius 3 is 2.48 bits per heavy atom. The Morgan fingerprint density at radius 1 is 1.12 bits per heavy atom. The van der Waals surface area contributed by atoms with Crippen LogP contribution in [-0.2, 0) is 0 Å². The summed E-state index contributed by atoms with van der Waals surface area (Å²) in [6.07, 6.45) is 1.53. The molecule has 0 saturated carbocycles. The molecule has 1 N–H and O–H groups in total. The average Bonchev–Trinajstić information content (AvgIpc) is 2.92. The molecule has 0 aliphatic heterocycles. The molecule has 2 aromatic heterocycles. The molecule has 0 aliphatic rings. The summed E-state index contributed by atoms with van der Waals surface area (Å²) in [6.45, 7) is 0. The lowest BCUT2D eigenvalue weighted by Gasteiger charge is -1.98. The minimum Gasteiger partial charge on any atom is -0.273 e. The Bertz CT molecular complexity index is 1190. The summed E-state index contributed by atoms with van der Waals surface area (Å²) < 4.78 is 1.40. The monoisotopic (exact) mass is 350 g/mol. The second kappa shape index (κ2) is 5.87. The Kier molecular flexibility index (Phi) is 3.55. The normalized spacial score (nSPS) is 11.5. The van der Waals surface area contributed by atoms with E-state index in [1.165, 1.54) is 34.4 Å². The van der Waals surface area contributed by atoms with Crippen molar-refractivity contribution >= 4 is 44.7 Å². The van der Waals surface area contributed by atoms with Gasteiger partial charge in [0.1, 0.15) is 0 Å². The van der Waals surface area contributed by atoms with Gasteiger partial charge < -0.3 is 0 Å². The molecule has 4 rings (SSSR count). The van der Waals surface area contributed by atoms with Crippen molar-refractivity contribution in [2.45, 2.75) is 0 Å². The molecule has 0 aliphatic carbocycles. The van der Waals surface area contributed by atoms with E-state index in [4.69, 9.17) is 5.41 Å². The predicted octanol–water partition coefficient (Wildman–Crippen LogP) is 2.92. The third-order valence-electron chi connectivity index (χ3n) is 3.53. The van der Waals surface area contributed by atoms with E-state index in [0.717, 1.165) is 11.0 Å². The van der Waals surface area contributed by atoms with Gasteiger partial charge in [-0.1, -0.05) is 23.5 Å². The van der Waals surface area contributed by atoms with Crippen LogP contribution in [-0.4, -0.2) is 25.8 Å². The van der Waals surface area contributed by atoms with E-state index in [1.54, 1.807) is 12.1 Å². The van der Waals surface area contributed by atoms with E-state index < -0.39 is 4.92 Å². The van der Waals surface area contributed by atoms with Crippen LogP contribution in [0.4, 0.5) is 5.69 Å². The molecular weight excluding hydrogens is 340 g/mol. The number of para-hydroxylation sites is 2. The number of thiazole rings is 1. The standard InChI is InChI=1S/C16H10N6O2S/c17-16-21(18-9-10-5-7-11(8-6-10)22(23)24)14-15(25-16)20-13-4-2-1-3-12(13)19-14/h1-9,17H/b17-16?,18-9-. The maximum absolute atomic E-state index is 10.7. The fourth-order valence-corrected chi connectivity index (χ4v) is 3.10. The van der Waals surface area contributed by atoms with Crippen LogP contribution in [0.2, 0.25) is 0 Å². The summed E-state index contributed by atoms with van der Waals surface area (Å²) in [5.41, 5.74) is 2.71. The Balaban J connectivity index is 1.78. The summed E-state index contributed by atoms with van der Waals surface area (Å²) in [6, 6.07) is 13.5.